The van der Waals surface area contributed by atoms with Crippen LogP contribution in [0.2, 0.25) is 0 Å². The van der Waals surface area contributed by atoms with Gasteiger partial charge in [-0.1, -0.05) is 5.16 Å². The molecular formula is C11H14N2O4. The molecule has 0 aromatic carbocycles. The van der Waals surface area contributed by atoms with Crippen LogP contribution in [0.1, 0.15) is 28.2 Å². The Morgan fingerprint density at radius 1 is 1.47 bits per heavy atom. The van der Waals surface area contributed by atoms with Gasteiger partial charge in [0.25, 0.3) is 5.91 Å². The first-order chi connectivity index (χ1) is 7.99. The lowest BCUT2D eigenvalue weighted by Crippen LogP contribution is -2.50. The van der Waals surface area contributed by atoms with Crippen LogP contribution >= 0.6 is 0 Å². The number of hydrogen-bond acceptors (Lipinski definition) is 4. The standard InChI is InChI=1S/C11H14N2O4/c1-6-10(7(2)17-12-6)11(16)13-4-8(5-13)3-9(14)15/h8H,3-5H2,1-2H3,(H,14,15). The maximum Gasteiger partial charge on any atom is 0.303 e. The van der Waals surface area contributed by atoms with Gasteiger partial charge in [-0.15, -0.1) is 0 Å². The number of rotatable bonds is 3. The summed E-state index contributed by atoms with van der Waals surface area (Å²) in [4.78, 5) is 24.2. The summed E-state index contributed by atoms with van der Waals surface area (Å²) in [5.41, 5.74) is 1.08. The zero-order chi connectivity index (χ0) is 12.6. The van der Waals surface area contributed by atoms with Crippen molar-refractivity contribution >= 4 is 11.9 Å². The van der Waals surface area contributed by atoms with Crippen LogP contribution in [0.15, 0.2) is 4.52 Å². The molecule has 2 rings (SSSR count). The van der Waals surface area contributed by atoms with E-state index in [-0.39, 0.29) is 18.2 Å². The van der Waals surface area contributed by atoms with Crippen molar-refractivity contribution in [1.82, 2.24) is 10.1 Å². The first kappa shape index (κ1) is 11.6. The molecule has 0 bridgehead atoms. The van der Waals surface area contributed by atoms with Gasteiger partial charge in [-0.05, 0) is 13.8 Å². The van der Waals surface area contributed by atoms with E-state index >= 15 is 0 Å². The normalized spacial score (nSPS) is 15.8. The average molecular weight is 238 g/mol. The van der Waals surface area contributed by atoms with Crippen LogP contribution in [-0.2, 0) is 4.79 Å². The number of amides is 1. The molecule has 0 atom stereocenters. The highest BCUT2D eigenvalue weighted by molar-refractivity contribution is 5.96. The molecule has 17 heavy (non-hydrogen) atoms. The van der Waals surface area contributed by atoms with Gasteiger partial charge in [0, 0.05) is 19.0 Å². The van der Waals surface area contributed by atoms with Crippen LogP contribution in [0.25, 0.3) is 0 Å². The molecule has 0 radical (unpaired) electrons. The molecule has 0 saturated carbocycles. The van der Waals surface area contributed by atoms with Crippen LogP contribution in [0.4, 0.5) is 0 Å². The van der Waals surface area contributed by atoms with Crippen molar-refractivity contribution in [2.24, 2.45) is 5.92 Å². The van der Waals surface area contributed by atoms with Crippen molar-refractivity contribution in [3.8, 4) is 0 Å². The van der Waals surface area contributed by atoms with E-state index in [2.05, 4.69) is 5.16 Å². The second-order valence-electron chi connectivity index (χ2n) is 4.37. The maximum absolute atomic E-state index is 12.0. The molecular weight excluding hydrogens is 224 g/mol. The number of likely N-dealkylation sites (tertiary alicyclic amines) is 1. The minimum absolute atomic E-state index is 0.0666. The van der Waals surface area contributed by atoms with E-state index < -0.39 is 5.97 Å². The third kappa shape index (κ3) is 2.15. The van der Waals surface area contributed by atoms with Gasteiger partial charge in [-0.2, -0.15) is 0 Å². The minimum atomic E-state index is -0.820. The largest absolute Gasteiger partial charge is 0.481 e. The minimum Gasteiger partial charge on any atom is -0.481 e. The first-order valence-electron chi connectivity index (χ1n) is 5.43. The smallest absolute Gasteiger partial charge is 0.303 e. The molecule has 1 aliphatic heterocycles. The van der Waals surface area contributed by atoms with Crippen LogP contribution < -0.4 is 0 Å². The zero-order valence-electron chi connectivity index (χ0n) is 9.77. The van der Waals surface area contributed by atoms with Crippen molar-refractivity contribution in [2.45, 2.75) is 20.3 Å². The monoisotopic (exact) mass is 238 g/mol. The van der Waals surface area contributed by atoms with E-state index in [1.165, 1.54) is 0 Å². The van der Waals surface area contributed by atoms with E-state index in [4.69, 9.17) is 9.63 Å². The molecule has 6 heteroatoms. The summed E-state index contributed by atoms with van der Waals surface area (Å²) in [6.45, 7) is 4.41. The fourth-order valence-electron chi connectivity index (χ4n) is 2.06. The topological polar surface area (TPSA) is 83.6 Å². The predicted molar refractivity (Wildman–Crippen MR) is 57.6 cm³/mol. The Morgan fingerprint density at radius 2 is 2.12 bits per heavy atom. The fourth-order valence-corrected chi connectivity index (χ4v) is 2.06. The molecule has 1 aromatic heterocycles. The number of nitrogens with zero attached hydrogens (tertiary/aromatic N) is 2. The van der Waals surface area contributed by atoms with Crippen LogP contribution in [0.5, 0.6) is 0 Å². The Hall–Kier alpha value is -1.85. The molecule has 1 aliphatic rings. The summed E-state index contributed by atoms with van der Waals surface area (Å²) >= 11 is 0. The van der Waals surface area contributed by atoms with Crippen LogP contribution in [-0.4, -0.2) is 40.1 Å². The van der Waals surface area contributed by atoms with Gasteiger partial charge in [0.15, 0.2) is 0 Å². The Bertz CT molecular complexity index is 441. The van der Waals surface area contributed by atoms with Crippen molar-refractivity contribution in [3.63, 3.8) is 0 Å². The molecule has 1 amide bonds. The van der Waals surface area contributed by atoms with E-state index in [0.29, 0.717) is 30.1 Å². The molecule has 0 unspecified atom stereocenters. The SMILES string of the molecule is Cc1noc(C)c1C(=O)N1CC(CC(=O)O)C1. The maximum atomic E-state index is 12.0. The third-order valence-corrected chi connectivity index (χ3v) is 2.95. The van der Waals surface area contributed by atoms with Crippen LogP contribution in [0.3, 0.4) is 0 Å². The number of carbonyl (C=O) groups excluding carboxylic acids is 1. The zero-order valence-corrected chi connectivity index (χ0v) is 9.77. The lowest BCUT2D eigenvalue weighted by molar-refractivity contribution is -0.139. The molecule has 1 saturated heterocycles. The van der Waals surface area contributed by atoms with Crippen molar-refractivity contribution in [2.75, 3.05) is 13.1 Å². The van der Waals surface area contributed by atoms with Crippen molar-refractivity contribution in [1.29, 1.82) is 0 Å². The third-order valence-electron chi connectivity index (χ3n) is 2.95. The molecule has 1 fully saturated rings. The number of carbonyl (C=O) groups is 2. The number of hydrogen-bond donors (Lipinski definition) is 1. The van der Waals surface area contributed by atoms with E-state index in [1.54, 1.807) is 18.7 Å². The molecule has 1 N–H and O–H groups in total. The molecule has 1 aromatic rings. The Labute approximate surface area is 98.2 Å². The van der Waals surface area contributed by atoms with Crippen LogP contribution in [0, 0.1) is 19.8 Å². The average Bonchev–Trinajstić information content (AvgIpc) is 2.50. The summed E-state index contributed by atoms with van der Waals surface area (Å²) in [5.74, 6) is -0.367. The summed E-state index contributed by atoms with van der Waals surface area (Å²) in [5, 5.41) is 12.3. The number of aryl methyl sites for hydroxylation is 2. The number of carboxylic acids is 1. The molecule has 2 heterocycles. The summed E-state index contributed by atoms with van der Waals surface area (Å²) in [7, 11) is 0. The quantitative estimate of drug-likeness (QED) is 0.843. The van der Waals surface area contributed by atoms with Crippen molar-refractivity contribution in [3.05, 3.63) is 17.0 Å². The molecule has 0 spiro atoms. The summed E-state index contributed by atoms with van der Waals surface area (Å²) in [6.07, 6.45) is 0.116. The van der Waals surface area contributed by atoms with Gasteiger partial charge in [-0.25, -0.2) is 0 Å². The molecule has 92 valence electrons. The van der Waals surface area contributed by atoms with Gasteiger partial charge < -0.3 is 14.5 Å². The summed E-state index contributed by atoms with van der Waals surface area (Å²) < 4.78 is 4.93. The second-order valence-corrected chi connectivity index (χ2v) is 4.37. The number of aliphatic carboxylic acids is 1. The number of carboxylic acid groups (broad SMARTS) is 1. The van der Waals surface area contributed by atoms with Gasteiger partial charge in [-0.3, -0.25) is 9.59 Å². The van der Waals surface area contributed by atoms with Gasteiger partial charge in [0.2, 0.25) is 0 Å². The Kier molecular flexibility index (Phi) is 2.87. The molecule has 6 nitrogen and oxygen atoms in total. The fraction of sp³-hybridized carbons (Fsp3) is 0.545. The Morgan fingerprint density at radius 3 is 2.59 bits per heavy atom. The summed E-state index contributed by atoms with van der Waals surface area (Å²) in [6, 6.07) is 0. The van der Waals surface area contributed by atoms with Gasteiger partial charge in [0.1, 0.15) is 11.3 Å². The highest BCUT2D eigenvalue weighted by atomic mass is 16.5. The predicted octanol–water partition coefficient (Wildman–Crippen LogP) is 0.838. The second kappa shape index (κ2) is 4.20. The Balaban J connectivity index is 1.98. The highest BCUT2D eigenvalue weighted by Gasteiger charge is 2.34. The van der Waals surface area contributed by atoms with Crippen molar-refractivity contribution < 1.29 is 19.2 Å². The van der Waals surface area contributed by atoms with E-state index in [9.17, 15) is 9.59 Å². The first-order valence-corrected chi connectivity index (χ1v) is 5.43. The van der Waals surface area contributed by atoms with Gasteiger partial charge in [0.05, 0.1) is 12.1 Å². The molecule has 0 aliphatic carbocycles. The highest BCUT2D eigenvalue weighted by Crippen LogP contribution is 2.23. The van der Waals surface area contributed by atoms with E-state index in [0.717, 1.165) is 0 Å². The number of aromatic nitrogens is 1. The lowest BCUT2D eigenvalue weighted by Gasteiger charge is -2.38. The van der Waals surface area contributed by atoms with E-state index in [1.807, 2.05) is 0 Å². The van der Waals surface area contributed by atoms with Gasteiger partial charge >= 0.3 is 5.97 Å². The lowest BCUT2D eigenvalue weighted by atomic mass is 9.95.